The summed E-state index contributed by atoms with van der Waals surface area (Å²) in [6.07, 6.45) is 0. The van der Waals surface area contributed by atoms with Crippen LogP contribution in [-0.2, 0) is 9.53 Å². The second-order valence-corrected chi connectivity index (χ2v) is 6.90. The molecule has 0 aliphatic carbocycles. The smallest absolute Gasteiger partial charge is 0.337 e. The highest BCUT2D eigenvalue weighted by Crippen LogP contribution is 2.38. The van der Waals surface area contributed by atoms with E-state index in [2.05, 4.69) is 10.6 Å². The molecule has 0 saturated carbocycles. The van der Waals surface area contributed by atoms with Gasteiger partial charge in [0, 0.05) is 11.3 Å². The third-order valence-electron chi connectivity index (χ3n) is 4.93. The van der Waals surface area contributed by atoms with Gasteiger partial charge in [-0.25, -0.2) is 4.79 Å². The van der Waals surface area contributed by atoms with Crippen molar-refractivity contribution in [1.82, 2.24) is 0 Å². The molecule has 31 heavy (non-hydrogen) atoms. The van der Waals surface area contributed by atoms with Crippen molar-refractivity contribution < 1.29 is 19.1 Å². The van der Waals surface area contributed by atoms with Crippen LogP contribution in [0.25, 0.3) is 11.3 Å². The predicted octanol–water partition coefficient (Wildman–Crippen LogP) is 4.80. The van der Waals surface area contributed by atoms with Crippen LogP contribution >= 0.6 is 0 Å². The van der Waals surface area contributed by atoms with Crippen LogP contribution in [0.2, 0.25) is 0 Å². The number of carbonyl (C=O) groups excluding carboxylic acids is 2. The van der Waals surface area contributed by atoms with E-state index in [9.17, 15) is 9.59 Å². The number of hydrogen-bond donors (Lipinski definition) is 2. The van der Waals surface area contributed by atoms with E-state index in [0.717, 1.165) is 22.6 Å². The fourth-order valence-electron chi connectivity index (χ4n) is 3.50. The third kappa shape index (κ3) is 4.14. The first kappa shape index (κ1) is 20.2. The Bertz CT molecular complexity index is 1150. The van der Waals surface area contributed by atoms with Crippen LogP contribution in [0.4, 0.5) is 11.4 Å². The zero-order chi connectivity index (χ0) is 21.8. The Morgan fingerprint density at radius 3 is 2.39 bits per heavy atom. The van der Waals surface area contributed by atoms with Crippen molar-refractivity contribution in [3.8, 4) is 5.75 Å². The molecule has 3 aromatic rings. The molecule has 0 unspecified atom stereocenters. The number of anilines is 2. The van der Waals surface area contributed by atoms with Gasteiger partial charge in [0.1, 0.15) is 5.75 Å². The Morgan fingerprint density at radius 1 is 0.968 bits per heavy atom. The molecule has 1 amide bonds. The summed E-state index contributed by atoms with van der Waals surface area (Å²) in [7, 11) is 1.33. The summed E-state index contributed by atoms with van der Waals surface area (Å²) in [4.78, 5) is 24.9. The Kier molecular flexibility index (Phi) is 5.71. The zero-order valence-corrected chi connectivity index (χ0v) is 17.3. The normalized spacial score (nSPS) is 13.8. The van der Waals surface area contributed by atoms with E-state index < -0.39 is 5.97 Å². The van der Waals surface area contributed by atoms with Gasteiger partial charge in [-0.1, -0.05) is 36.4 Å². The molecule has 3 aromatic carbocycles. The second-order valence-electron chi connectivity index (χ2n) is 6.90. The van der Waals surface area contributed by atoms with E-state index in [1.807, 2.05) is 61.5 Å². The third-order valence-corrected chi connectivity index (χ3v) is 4.93. The molecular formula is C25H22N2O4. The van der Waals surface area contributed by atoms with E-state index in [1.165, 1.54) is 7.11 Å². The van der Waals surface area contributed by atoms with Crippen molar-refractivity contribution in [2.45, 2.75) is 6.92 Å². The molecule has 0 spiro atoms. The monoisotopic (exact) mass is 414 g/mol. The molecule has 4 rings (SSSR count). The molecule has 1 aliphatic rings. The highest BCUT2D eigenvalue weighted by Gasteiger charge is 2.29. The summed E-state index contributed by atoms with van der Waals surface area (Å²) in [6, 6.07) is 22.3. The van der Waals surface area contributed by atoms with Crippen LogP contribution < -0.4 is 15.4 Å². The first-order valence-electron chi connectivity index (χ1n) is 9.94. The molecule has 0 atom stereocenters. The molecule has 0 radical (unpaired) electrons. The molecule has 1 heterocycles. The lowest BCUT2D eigenvalue weighted by Gasteiger charge is -2.15. The number of rotatable bonds is 6. The topological polar surface area (TPSA) is 76.7 Å². The van der Waals surface area contributed by atoms with Crippen molar-refractivity contribution in [1.29, 1.82) is 0 Å². The lowest BCUT2D eigenvalue weighted by molar-refractivity contribution is -0.110. The minimum Gasteiger partial charge on any atom is -0.494 e. The summed E-state index contributed by atoms with van der Waals surface area (Å²) >= 11 is 0. The number of nitrogens with one attached hydrogen (secondary N) is 2. The molecule has 0 aromatic heterocycles. The van der Waals surface area contributed by atoms with Crippen molar-refractivity contribution in [3.05, 3.63) is 89.5 Å². The quantitative estimate of drug-likeness (QED) is 0.447. The van der Waals surface area contributed by atoms with Crippen molar-refractivity contribution in [2.24, 2.45) is 0 Å². The second kappa shape index (κ2) is 8.75. The lowest BCUT2D eigenvalue weighted by Crippen LogP contribution is -2.10. The SMILES string of the molecule is CCOc1ccc(N/C(=C2\C(=O)Nc3cc(C(=O)OC)ccc32)c2ccccc2)cc1. The van der Waals surface area contributed by atoms with Gasteiger partial charge < -0.3 is 20.1 Å². The molecule has 0 fully saturated rings. The maximum absolute atomic E-state index is 13.0. The first-order chi connectivity index (χ1) is 15.1. The van der Waals surface area contributed by atoms with E-state index in [1.54, 1.807) is 18.2 Å². The van der Waals surface area contributed by atoms with Gasteiger partial charge in [-0.05, 0) is 48.9 Å². The molecular weight excluding hydrogens is 392 g/mol. The molecule has 2 N–H and O–H groups in total. The number of hydrogen-bond acceptors (Lipinski definition) is 5. The number of methoxy groups -OCH3 is 1. The average Bonchev–Trinajstić information content (AvgIpc) is 3.13. The van der Waals surface area contributed by atoms with Gasteiger partial charge in [0.05, 0.1) is 36.2 Å². The van der Waals surface area contributed by atoms with Gasteiger partial charge in [-0.15, -0.1) is 0 Å². The summed E-state index contributed by atoms with van der Waals surface area (Å²) in [5, 5.41) is 6.26. The van der Waals surface area contributed by atoms with E-state index in [0.29, 0.717) is 29.1 Å². The Hall–Kier alpha value is -4.06. The van der Waals surface area contributed by atoms with Crippen LogP contribution in [0.15, 0.2) is 72.8 Å². The highest BCUT2D eigenvalue weighted by atomic mass is 16.5. The first-order valence-corrected chi connectivity index (χ1v) is 9.94. The van der Waals surface area contributed by atoms with Gasteiger partial charge >= 0.3 is 5.97 Å². The van der Waals surface area contributed by atoms with Gasteiger partial charge in [0.25, 0.3) is 5.91 Å². The number of ether oxygens (including phenoxy) is 2. The summed E-state index contributed by atoms with van der Waals surface area (Å²) in [6.45, 7) is 2.53. The number of amides is 1. The Morgan fingerprint density at radius 2 is 1.71 bits per heavy atom. The Labute approximate surface area is 180 Å². The number of carbonyl (C=O) groups is 2. The molecule has 0 bridgehead atoms. The molecule has 156 valence electrons. The molecule has 6 nitrogen and oxygen atoms in total. The summed E-state index contributed by atoms with van der Waals surface area (Å²) in [5.41, 5.74) is 4.54. The van der Waals surface area contributed by atoms with E-state index in [4.69, 9.17) is 9.47 Å². The fourth-order valence-corrected chi connectivity index (χ4v) is 3.50. The molecule has 6 heteroatoms. The number of benzene rings is 3. The van der Waals surface area contributed by atoms with Gasteiger partial charge in [0.15, 0.2) is 0 Å². The van der Waals surface area contributed by atoms with Crippen molar-refractivity contribution in [3.63, 3.8) is 0 Å². The van der Waals surface area contributed by atoms with Crippen LogP contribution in [-0.4, -0.2) is 25.6 Å². The number of esters is 1. The van der Waals surface area contributed by atoms with Crippen LogP contribution in [0, 0.1) is 0 Å². The maximum Gasteiger partial charge on any atom is 0.337 e. The van der Waals surface area contributed by atoms with Crippen LogP contribution in [0.3, 0.4) is 0 Å². The predicted molar refractivity (Wildman–Crippen MR) is 121 cm³/mol. The zero-order valence-electron chi connectivity index (χ0n) is 17.3. The van der Waals surface area contributed by atoms with Gasteiger partial charge in [-0.3, -0.25) is 4.79 Å². The summed E-state index contributed by atoms with van der Waals surface area (Å²) in [5.74, 6) is 0.0841. The lowest BCUT2D eigenvalue weighted by atomic mass is 9.99. The van der Waals surface area contributed by atoms with Gasteiger partial charge in [-0.2, -0.15) is 0 Å². The average molecular weight is 414 g/mol. The largest absolute Gasteiger partial charge is 0.494 e. The standard InChI is InChI=1S/C25H22N2O4/c1-3-31-19-12-10-18(11-13-19)26-23(16-7-5-4-6-8-16)22-20-14-9-17(25(29)30-2)15-21(20)27-24(22)28/h4-15,26H,3H2,1-2H3,(H,27,28)/b23-22-. The highest BCUT2D eigenvalue weighted by molar-refractivity contribution is 6.37. The number of fused-ring (bicyclic) bond motifs is 1. The maximum atomic E-state index is 13.0. The van der Waals surface area contributed by atoms with Gasteiger partial charge in [0.2, 0.25) is 0 Å². The fraction of sp³-hybridized carbons (Fsp3) is 0.120. The van der Waals surface area contributed by atoms with Crippen molar-refractivity contribution in [2.75, 3.05) is 24.4 Å². The van der Waals surface area contributed by atoms with E-state index >= 15 is 0 Å². The van der Waals surface area contributed by atoms with Crippen LogP contribution in [0.5, 0.6) is 5.75 Å². The van der Waals surface area contributed by atoms with E-state index in [-0.39, 0.29) is 5.91 Å². The van der Waals surface area contributed by atoms with Crippen LogP contribution in [0.1, 0.15) is 28.4 Å². The minimum absolute atomic E-state index is 0.241. The molecule has 1 aliphatic heterocycles. The summed E-state index contributed by atoms with van der Waals surface area (Å²) < 4.78 is 10.3. The minimum atomic E-state index is -0.453. The Balaban J connectivity index is 1.80. The van der Waals surface area contributed by atoms with Crippen molar-refractivity contribution >= 4 is 34.5 Å². The molecule has 0 saturated heterocycles.